The molecule has 0 bridgehead atoms. The van der Waals surface area contributed by atoms with Crippen LogP contribution in [0.15, 0.2) is 18.2 Å². The van der Waals surface area contributed by atoms with E-state index in [4.69, 9.17) is 5.73 Å². The van der Waals surface area contributed by atoms with Gasteiger partial charge in [-0.1, -0.05) is 12.1 Å². The summed E-state index contributed by atoms with van der Waals surface area (Å²) < 4.78 is 12.7. The number of hydrogen-bond acceptors (Lipinski definition) is 2. The summed E-state index contributed by atoms with van der Waals surface area (Å²) in [5.41, 5.74) is 6.07. The van der Waals surface area contributed by atoms with Gasteiger partial charge in [0.15, 0.2) is 11.6 Å². The van der Waals surface area contributed by atoms with E-state index in [0.29, 0.717) is 12.0 Å². The van der Waals surface area contributed by atoms with Crippen molar-refractivity contribution in [2.45, 2.75) is 19.4 Å². The first kappa shape index (κ1) is 9.00. The number of benzene rings is 1. The Labute approximate surface area is 70.8 Å². The molecule has 12 heavy (non-hydrogen) atoms. The van der Waals surface area contributed by atoms with E-state index in [1.54, 1.807) is 12.1 Å². The molecule has 66 valence electrons. The molecule has 0 aromatic heterocycles. The van der Waals surface area contributed by atoms with Crippen LogP contribution < -0.4 is 5.73 Å². The second-order valence-electron chi connectivity index (χ2n) is 2.93. The minimum atomic E-state index is -0.590. The highest BCUT2D eigenvalue weighted by Crippen LogP contribution is 2.21. The third-order valence-electron chi connectivity index (χ3n) is 1.61. The summed E-state index contributed by atoms with van der Waals surface area (Å²) in [6.07, 6.45) is 0.490. The number of phenolic OH excluding ortho intramolecular Hbond substituents is 1. The lowest BCUT2D eigenvalue weighted by Gasteiger charge is -2.07. The van der Waals surface area contributed by atoms with Crippen molar-refractivity contribution in [1.29, 1.82) is 0 Å². The van der Waals surface area contributed by atoms with E-state index in [2.05, 4.69) is 0 Å². The van der Waals surface area contributed by atoms with E-state index in [1.807, 2.05) is 6.92 Å². The molecule has 0 radical (unpaired) electrons. The Balaban J connectivity index is 2.92. The fourth-order valence-corrected chi connectivity index (χ4v) is 1.07. The predicted octanol–water partition coefficient (Wildman–Crippen LogP) is 1.42. The monoisotopic (exact) mass is 169 g/mol. The van der Waals surface area contributed by atoms with Crippen LogP contribution in [-0.4, -0.2) is 11.1 Å². The molecule has 0 aliphatic carbocycles. The molecule has 0 aliphatic heterocycles. The van der Waals surface area contributed by atoms with Gasteiger partial charge in [-0.25, -0.2) is 4.39 Å². The van der Waals surface area contributed by atoms with Crippen molar-refractivity contribution in [3.63, 3.8) is 0 Å². The van der Waals surface area contributed by atoms with Gasteiger partial charge < -0.3 is 10.8 Å². The van der Waals surface area contributed by atoms with Gasteiger partial charge >= 0.3 is 0 Å². The normalized spacial score (nSPS) is 12.9. The van der Waals surface area contributed by atoms with Crippen molar-refractivity contribution in [2.75, 3.05) is 0 Å². The Morgan fingerprint density at radius 3 is 2.83 bits per heavy atom. The second kappa shape index (κ2) is 3.54. The van der Waals surface area contributed by atoms with Gasteiger partial charge in [0, 0.05) is 6.04 Å². The fraction of sp³-hybridized carbons (Fsp3) is 0.333. The zero-order valence-corrected chi connectivity index (χ0v) is 6.92. The molecule has 3 N–H and O–H groups in total. The summed E-state index contributed by atoms with van der Waals surface area (Å²) in [7, 11) is 0. The molecule has 0 amide bonds. The average Bonchev–Trinajstić information content (AvgIpc) is 1.98. The van der Waals surface area contributed by atoms with Crippen LogP contribution in [0.25, 0.3) is 0 Å². The van der Waals surface area contributed by atoms with Gasteiger partial charge in [0.2, 0.25) is 0 Å². The minimum Gasteiger partial charge on any atom is -0.505 e. The Bertz CT molecular complexity index is 273. The first-order valence-electron chi connectivity index (χ1n) is 3.83. The number of halogens is 1. The van der Waals surface area contributed by atoms with E-state index in [-0.39, 0.29) is 11.8 Å². The van der Waals surface area contributed by atoms with Crippen LogP contribution in [0.3, 0.4) is 0 Å². The van der Waals surface area contributed by atoms with Gasteiger partial charge in [0.05, 0.1) is 0 Å². The molecule has 1 aromatic rings. The summed E-state index contributed by atoms with van der Waals surface area (Å²) in [6.45, 7) is 1.81. The van der Waals surface area contributed by atoms with Gasteiger partial charge in [-0.3, -0.25) is 0 Å². The Morgan fingerprint density at radius 2 is 2.25 bits per heavy atom. The molecule has 0 heterocycles. The van der Waals surface area contributed by atoms with Crippen molar-refractivity contribution < 1.29 is 9.50 Å². The SMILES string of the molecule is C[C@H](N)Cc1cccc(F)c1O. The van der Waals surface area contributed by atoms with Gasteiger partial charge in [-0.15, -0.1) is 0 Å². The summed E-state index contributed by atoms with van der Waals surface area (Å²) in [5.74, 6) is -0.872. The van der Waals surface area contributed by atoms with Crippen molar-refractivity contribution in [3.8, 4) is 5.75 Å². The number of aromatic hydroxyl groups is 1. The summed E-state index contributed by atoms with van der Waals surface area (Å²) in [6, 6.07) is 4.38. The average molecular weight is 169 g/mol. The van der Waals surface area contributed by atoms with E-state index < -0.39 is 5.82 Å². The zero-order valence-electron chi connectivity index (χ0n) is 6.92. The molecule has 1 rings (SSSR count). The number of rotatable bonds is 2. The molecular weight excluding hydrogens is 157 g/mol. The maximum Gasteiger partial charge on any atom is 0.165 e. The topological polar surface area (TPSA) is 46.2 Å². The van der Waals surface area contributed by atoms with Crippen molar-refractivity contribution in [3.05, 3.63) is 29.6 Å². The third-order valence-corrected chi connectivity index (χ3v) is 1.61. The van der Waals surface area contributed by atoms with Crippen LogP contribution in [0.2, 0.25) is 0 Å². The Morgan fingerprint density at radius 1 is 1.58 bits per heavy atom. The highest BCUT2D eigenvalue weighted by Gasteiger charge is 2.07. The largest absolute Gasteiger partial charge is 0.505 e. The quantitative estimate of drug-likeness (QED) is 0.703. The van der Waals surface area contributed by atoms with Gasteiger partial charge in [0.25, 0.3) is 0 Å². The minimum absolute atomic E-state index is 0.0716. The molecule has 0 spiro atoms. The van der Waals surface area contributed by atoms with Crippen LogP contribution >= 0.6 is 0 Å². The lowest BCUT2D eigenvalue weighted by atomic mass is 10.1. The van der Waals surface area contributed by atoms with E-state index in [0.717, 1.165) is 0 Å². The van der Waals surface area contributed by atoms with E-state index in [9.17, 15) is 9.50 Å². The standard InChI is InChI=1S/C9H12FNO/c1-6(11)5-7-3-2-4-8(10)9(7)12/h2-4,6,12H,5,11H2,1H3/t6-/m0/s1. The molecular formula is C9H12FNO. The summed E-state index contributed by atoms with van der Waals surface area (Å²) >= 11 is 0. The molecule has 0 unspecified atom stereocenters. The maximum atomic E-state index is 12.7. The van der Waals surface area contributed by atoms with Crippen LogP contribution in [-0.2, 0) is 6.42 Å². The van der Waals surface area contributed by atoms with Gasteiger partial charge in [-0.05, 0) is 25.0 Å². The Kier molecular flexibility index (Phi) is 2.65. The van der Waals surface area contributed by atoms with Gasteiger partial charge in [0.1, 0.15) is 0 Å². The first-order valence-corrected chi connectivity index (χ1v) is 3.83. The first-order chi connectivity index (χ1) is 5.61. The molecule has 2 nitrogen and oxygen atoms in total. The molecule has 0 saturated carbocycles. The third kappa shape index (κ3) is 1.95. The smallest absolute Gasteiger partial charge is 0.165 e. The van der Waals surface area contributed by atoms with Crippen molar-refractivity contribution >= 4 is 0 Å². The molecule has 0 saturated heterocycles. The molecule has 0 fully saturated rings. The van der Waals surface area contributed by atoms with E-state index in [1.165, 1.54) is 6.07 Å². The molecule has 0 aliphatic rings. The second-order valence-corrected chi connectivity index (χ2v) is 2.93. The van der Waals surface area contributed by atoms with Crippen LogP contribution in [0.1, 0.15) is 12.5 Å². The number of nitrogens with two attached hydrogens (primary N) is 1. The lowest BCUT2D eigenvalue weighted by Crippen LogP contribution is -2.17. The van der Waals surface area contributed by atoms with E-state index >= 15 is 0 Å². The fourth-order valence-electron chi connectivity index (χ4n) is 1.07. The summed E-state index contributed by atoms with van der Waals surface area (Å²) in [4.78, 5) is 0. The molecule has 3 heteroatoms. The number of hydrogen-bond donors (Lipinski definition) is 2. The molecule has 1 atom stereocenters. The lowest BCUT2D eigenvalue weighted by molar-refractivity contribution is 0.424. The summed E-state index contributed by atoms with van der Waals surface area (Å²) in [5, 5.41) is 9.22. The predicted molar refractivity (Wildman–Crippen MR) is 45.4 cm³/mol. The highest BCUT2D eigenvalue weighted by molar-refractivity contribution is 5.33. The van der Waals surface area contributed by atoms with Crippen molar-refractivity contribution in [2.24, 2.45) is 5.73 Å². The zero-order chi connectivity index (χ0) is 9.14. The Hall–Kier alpha value is -1.09. The van der Waals surface area contributed by atoms with Crippen molar-refractivity contribution in [1.82, 2.24) is 0 Å². The number of para-hydroxylation sites is 1. The van der Waals surface area contributed by atoms with Gasteiger partial charge in [-0.2, -0.15) is 0 Å². The van der Waals surface area contributed by atoms with Crippen LogP contribution in [0.5, 0.6) is 5.75 Å². The maximum absolute atomic E-state index is 12.7. The highest BCUT2D eigenvalue weighted by atomic mass is 19.1. The molecule has 1 aromatic carbocycles. The van der Waals surface area contributed by atoms with Crippen LogP contribution in [0.4, 0.5) is 4.39 Å². The number of phenols is 1. The van der Waals surface area contributed by atoms with Crippen LogP contribution in [0, 0.1) is 5.82 Å².